The summed E-state index contributed by atoms with van der Waals surface area (Å²) in [6.45, 7) is 9.89. The smallest absolute Gasteiger partial charge is 0.232 e. The Balaban J connectivity index is 0.00000261. The first-order valence-corrected chi connectivity index (χ1v) is 9.44. The normalized spacial score (nSPS) is 20.9. The van der Waals surface area contributed by atoms with Gasteiger partial charge < -0.3 is 19.7 Å². The fourth-order valence-electron chi connectivity index (χ4n) is 4.02. The highest BCUT2D eigenvalue weighted by Gasteiger charge is 2.39. The second kappa shape index (κ2) is 9.13. The summed E-state index contributed by atoms with van der Waals surface area (Å²) in [5, 5.41) is 3.39. The Hall–Kier alpha value is -1.50. The van der Waals surface area contributed by atoms with Crippen LogP contribution in [0.25, 0.3) is 0 Å². The molecule has 1 aromatic rings. The standard InChI is InChI=1S/C20H31N3O3.ClH/c1-20(2,15-5-6-17(25-3)18(13-15)26-4)19(24)23-10-7-16(14-23)22-11-8-21-9-12-22;/h5-6,13,16,21H,7-12,14H2,1-4H3;1H. The molecule has 2 aliphatic heterocycles. The molecule has 6 nitrogen and oxygen atoms in total. The van der Waals surface area contributed by atoms with Crippen molar-refractivity contribution in [2.75, 3.05) is 53.5 Å². The van der Waals surface area contributed by atoms with Crippen LogP contribution in [0.2, 0.25) is 0 Å². The Morgan fingerprint density at radius 3 is 2.41 bits per heavy atom. The fraction of sp³-hybridized carbons (Fsp3) is 0.650. The largest absolute Gasteiger partial charge is 0.493 e. The topological polar surface area (TPSA) is 54.0 Å². The number of hydrogen-bond acceptors (Lipinski definition) is 5. The Labute approximate surface area is 168 Å². The monoisotopic (exact) mass is 397 g/mol. The summed E-state index contributed by atoms with van der Waals surface area (Å²) in [6, 6.07) is 6.24. The number of hydrogen-bond donors (Lipinski definition) is 1. The third-order valence-electron chi connectivity index (χ3n) is 5.76. The molecule has 27 heavy (non-hydrogen) atoms. The van der Waals surface area contributed by atoms with Gasteiger partial charge in [0.15, 0.2) is 11.5 Å². The van der Waals surface area contributed by atoms with Crippen molar-refractivity contribution in [1.29, 1.82) is 0 Å². The van der Waals surface area contributed by atoms with Crippen molar-refractivity contribution in [2.24, 2.45) is 0 Å². The maximum atomic E-state index is 13.3. The van der Waals surface area contributed by atoms with Gasteiger partial charge >= 0.3 is 0 Å². The van der Waals surface area contributed by atoms with Gasteiger partial charge in [-0.25, -0.2) is 0 Å². The first kappa shape index (κ1) is 21.8. The predicted molar refractivity (Wildman–Crippen MR) is 109 cm³/mol. The molecule has 0 aromatic heterocycles. The summed E-state index contributed by atoms with van der Waals surface area (Å²) in [4.78, 5) is 17.8. The second-order valence-corrected chi connectivity index (χ2v) is 7.67. The van der Waals surface area contributed by atoms with Crippen LogP contribution >= 0.6 is 12.4 Å². The van der Waals surface area contributed by atoms with Crippen molar-refractivity contribution in [3.8, 4) is 11.5 Å². The van der Waals surface area contributed by atoms with Crippen molar-refractivity contribution < 1.29 is 14.3 Å². The summed E-state index contributed by atoms with van der Waals surface area (Å²) >= 11 is 0. The molecule has 3 rings (SSSR count). The number of nitrogens with one attached hydrogen (secondary N) is 1. The van der Waals surface area contributed by atoms with E-state index in [1.165, 1.54) is 0 Å². The molecule has 1 amide bonds. The van der Waals surface area contributed by atoms with E-state index in [9.17, 15) is 4.79 Å². The predicted octanol–water partition coefficient (Wildman–Crippen LogP) is 1.91. The van der Waals surface area contributed by atoms with Crippen LogP contribution < -0.4 is 14.8 Å². The van der Waals surface area contributed by atoms with Gasteiger partial charge in [0.2, 0.25) is 5.91 Å². The van der Waals surface area contributed by atoms with Gasteiger partial charge in [0.05, 0.1) is 19.6 Å². The molecule has 152 valence electrons. The number of benzene rings is 1. The van der Waals surface area contributed by atoms with Crippen LogP contribution in [0.5, 0.6) is 11.5 Å². The summed E-state index contributed by atoms with van der Waals surface area (Å²) < 4.78 is 10.7. The lowest BCUT2D eigenvalue weighted by molar-refractivity contribution is -0.135. The van der Waals surface area contributed by atoms with Crippen molar-refractivity contribution >= 4 is 18.3 Å². The number of rotatable bonds is 5. The van der Waals surface area contributed by atoms with E-state index in [-0.39, 0.29) is 18.3 Å². The van der Waals surface area contributed by atoms with Gasteiger partial charge in [-0.15, -0.1) is 12.4 Å². The van der Waals surface area contributed by atoms with E-state index >= 15 is 0 Å². The molecule has 1 aromatic carbocycles. The molecule has 1 unspecified atom stereocenters. The van der Waals surface area contributed by atoms with E-state index in [0.29, 0.717) is 17.5 Å². The quantitative estimate of drug-likeness (QED) is 0.822. The number of likely N-dealkylation sites (tertiary alicyclic amines) is 1. The molecule has 1 atom stereocenters. The van der Waals surface area contributed by atoms with E-state index in [0.717, 1.165) is 51.3 Å². The van der Waals surface area contributed by atoms with E-state index in [1.54, 1.807) is 14.2 Å². The Morgan fingerprint density at radius 1 is 1.11 bits per heavy atom. The lowest BCUT2D eigenvalue weighted by atomic mass is 9.83. The first-order valence-electron chi connectivity index (χ1n) is 9.44. The van der Waals surface area contributed by atoms with Crippen molar-refractivity contribution in [2.45, 2.75) is 31.7 Å². The van der Waals surface area contributed by atoms with Gasteiger partial charge in [-0.1, -0.05) is 6.07 Å². The zero-order valence-electron chi connectivity index (χ0n) is 16.8. The molecule has 0 saturated carbocycles. The molecule has 1 N–H and O–H groups in total. The maximum Gasteiger partial charge on any atom is 0.232 e. The van der Waals surface area contributed by atoms with E-state index < -0.39 is 5.41 Å². The highest BCUT2D eigenvalue weighted by molar-refractivity contribution is 5.88. The summed E-state index contributed by atoms with van der Waals surface area (Å²) in [7, 11) is 3.24. The molecule has 2 fully saturated rings. The zero-order chi connectivity index (χ0) is 18.7. The Morgan fingerprint density at radius 2 is 1.78 bits per heavy atom. The number of ether oxygens (including phenoxy) is 2. The van der Waals surface area contributed by atoms with Gasteiger partial charge in [-0.05, 0) is 38.0 Å². The van der Waals surface area contributed by atoms with E-state index in [1.807, 2.05) is 36.9 Å². The van der Waals surface area contributed by atoms with Crippen LogP contribution in [-0.2, 0) is 10.2 Å². The molecule has 0 bridgehead atoms. The minimum absolute atomic E-state index is 0. The number of piperazine rings is 1. The van der Waals surface area contributed by atoms with Gasteiger partial charge in [-0.3, -0.25) is 9.69 Å². The highest BCUT2D eigenvalue weighted by atomic mass is 35.5. The molecule has 0 spiro atoms. The van der Waals surface area contributed by atoms with Crippen LogP contribution in [0.15, 0.2) is 18.2 Å². The number of amides is 1. The number of carbonyl (C=O) groups excluding carboxylic acids is 1. The fourth-order valence-corrected chi connectivity index (χ4v) is 4.02. The minimum atomic E-state index is -0.599. The maximum absolute atomic E-state index is 13.3. The third-order valence-corrected chi connectivity index (χ3v) is 5.76. The average molecular weight is 398 g/mol. The van der Waals surface area contributed by atoms with Gasteiger partial charge in [0, 0.05) is 45.3 Å². The minimum Gasteiger partial charge on any atom is -0.493 e. The Kier molecular flexibility index (Phi) is 7.37. The van der Waals surface area contributed by atoms with Crippen LogP contribution in [0.1, 0.15) is 25.8 Å². The average Bonchev–Trinajstić information content (AvgIpc) is 3.17. The SMILES string of the molecule is COc1ccc(C(C)(C)C(=O)N2CCC(N3CCNCC3)C2)cc1OC.Cl. The van der Waals surface area contributed by atoms with Crippen LogP contribution in [0, 0.1) is 0 Å². The number of nitrogens with zero attached hydrogens (tertiary/aromatic N) is 2. The molecule has 0 radical (unpaired) electrons. The summed E-state index contributed by atoms with van der Waals surface area (Å²) in [5.41, 5.74) is 0.350. The van der Waals surface area contributed by atoms with Crippen LogP contribution in [0.3, 0.4) is 0 Å². The number of methoxy groups -OCH3 is 2. The second-order valence-electron chi connectivity index (χ2n) is 7.67. The molecular formula is C20H32ClN3O3. The Bertz CT molecular complexity index is 647. The lowest BCUT2D eigenvalue weighted by Gasteiger charge is -2.34. The zero-order valence-corrected chi connectivity index (χ0v) is 17.6. The number of halogens is 1. The van der Waals surface area contributed by atoms with Gasteiger partial charge in [0.1, 0.15) is 0 Å². The summed E-state index contributed by atoms with van der Waals surface area (Å²) in [6.07, 6.45) is 1.06. The molecule has 2 aliphatic rings. The molecule has 0 aliphatic carbocycles. The molecular weight excluding hydrogens is 366 g/mol. The highest BCUT2D eigenvalue weighted by Crippen LogP contribution is 2.35. The third kappa shape index (κ3) is 4.50. The first-order chi connectivity index (χ1) is 12.5. The van der Waals surface area contributed by atoms with E-state index in [2.05, 4.69) is 10.2 Å². The lowest BCUT2D eigenvalue weighted by Crippen LogP contribution is -2.50. The van der Waals surface area contributed by atoms with Crippen molar-refractivity contribution in [3.05, 3.63) is 23.8 Å². The molecule has 2 saturated heterocycles. The molecule has 7 heteroatoms. The van der Waals surface area contributed by atoms with E-state index in [4.69, 9.17) is 9.47 Å². The van der Waals surface area contributed by atoms with Crippen molar-refractivity contribution in [1.82, 2.24) is 15.1 Å². The number of carbonyl (C=O) groups is 1. The van der Waals surface area contributed by atoms with Crippen LogP contribution in [-0.4, -0.2) is 75.2 Å². The van der Waals surface area contributed by atoms with Gasteiger partial charge in [0.25, 0.3) is 0 Å². The summed E-state index contributed by atoms with van der Waals surface area (Å²) in [5.74, 6) is 1.52. The van der Waals surface area contributed by atoms with Crippen molar-refractivity contribution in [3.63, 3.8) is 0 Å². The van der Waals surface area contributed by atoms with Crippen LogP contribution in [0.4, 0.5) is 0 Å². The van der Waals surface area contributed by atoms with Gasteiger partial charge in [-0.2, -0.15) is 0 Å². The molecule has 2 heterocycles.